The molecule has 3 aromatic rings. The Balaban J connectivity index is 1.55. The summed E-state index contributed by atoms with van der Waals surface area (Å²) in [6, 6.07) is 17.5. The number of anilines is 1. The molecule has 2 heterocycles. The molecule has 0 saturated carbocycles. The van der Waals surface area contributed by atoms with E-state index in [9.17, 15) is 4.79 Å². The molecule has 1 aromatic heterocycles. The summed E-state index contributed by atoms with van der Waals surface area (Å²) in [6.45, 7) is 12.8. The Kier molecular flexibility index (Phi) is 9.43. The molecule has 1 atom stereocenters. The van der Waals surface area contributed by atoms with Crippen LogP contribution in [0.25, 0.3) is 5.57 Å². The quantitative estimate of drug-likeness (QED) is 0.198. The van der Waals surface area contributed by atoms with Crippen LogP contribution in [0.4, 0.5) is 5.69 Å². The molecule has 0 fully saturated rings. The maximum atomic E-state index is 14.0. The van der Waals surface area contributed by atoms with E-state index in [-0.39, 0.29) is 17.0 Å². The lowest BCUT2D eigenvalue weighted by atomic mass is 9.95. The van der Waals surface area contributed by atoms with Gasteiger partial charge in [-0.2, -0.15) is 0 Å². The lowest BCUT2D eigenvalue weighted by Crippen LogP contribution is -2.45. The molecule has 0 saturated heterocycles. The third-order valence-corrected chi connectivity index (χ3v) is 13.5. The lowest BCUT2D eigenvalue weighted by Gasteiger charge is -2.39. The minimum Gasteiger partial charge on any atom is -0.493 e. The second kappa shape index (κ2) is 12.6. The Hall–Kier alpha value is -3.07. The fraction of sp³-hybridized carbons (Fsp3) is 0.406. The number of hydrogen-bond acceptors (Lipinski definition) is 6. The predicted octanol–water partition coefficient (Wildman–Crippen LogP) is 7.63. The van der Waals surface area contributed by atoms with E-state index in [0.717, 1.165) is 18.4 Å². The molecule has 0 radical (unpaired) electrons. The van der Waals surface area contributed by atoms with E-state index < -0.39 is 8.32 Å². The van der Waals surface area contributed by atoms with Crippen LogP contribution in [0.15, 0.2) is 66.1 Å². The molecule has 0 bridgehead atoms. The summed E-state index contributed by atoms with van der Waals surface area (Å²) in [7, 11) is -0.323. The number of rotatable bonds is 10. The Morgan fingerprint density at radius 2 is 1.85 bits per heavy atom. The van der Waals surface area contributed by atoms with Gasteiger partial charge in [-0.25, -0.2) is 0 Å². The predicted molar refractivity (Wildman–Crippen MR) is 168 cm³/mol. The van der Waals surface area contributed by atoms with Gasteiger partial charge in [0.1, 0.15) is 6.61 Å². The highest BCUT2D eigenvalue weighted by atomic mass is 32.1. The van der Waals surface area contributed by atoms with Crippen molar-refractivity contribution >= 4 is 36.8 Å². The van der Waals surface area contributed by atoms with Crippen molar-refractivity contribution in [3.63, 3.8) is 0 Å². The zero-order chi connectivity index (χ0) is 28.9. The van der Waals surface area contributed by atoms with Crippen LogP contribution in [0.3, 0.4) is 0 Å². The normalized spacial score (nSPS) is 16.0. The third kappa shape index (κ3) is 6.97. The number of methoxy groups -OCH3 is 1. The number of thiophene rings is 1. The second-order valence-corrected chi connectivity index (χ2v) is 17.5. The zero-order valence-corrected chi connectivity index (χ0v) is 26.3. The summed E-state index contributed by atoms with van der Waals surface area (Å²) in [5.41, 5.74) is 9.58. The third-order valence-electron chi connectivity index (χ3n) is 8.05. The van der Waals surface area contributed by atoms with E-state index in [1.54, 1.807) is 30.6 Å². The number of carbonyl (C=O) groups is 1. The maximum absolute atomic E-state index is 14.0. The van der Waals surface area contributed by atoms with Gasteiger partial charge in [0.25, 0.3) is 5.91 Å². The number of benzene rings is 2. The standard InChI is InChI=1S/C32H42N2O4SSi/c1-32(2,3)40(5,6)38-17-15-25-19-24(30-13-10-18-39-30)14-16-34(25)31(35)26-20-28(36-4)29(21-27(26)33)37-22-23-11-8-7-9-12-23/h7-14,18,20-21,25H,15-17,19,22,33H2,1-6H3/t25-/m1/s1. The van der Waals surface area contributed by atoms with Gasteiger partial charge in [0.2, 0.25) is 0 Å². The number of ether oxygens (including phenoxy) is 2. The summed E-state index contributed by atoms with van der Waals surface area (Å²) >= 11 is 1.73. The highest BCUT2D eigenvalue weighted by molar-refractivity contribution is 7.11. The smallest absolute Gasteiger partial charge is 0.256 e. The highest BCUT2D eigenvalue weighted by Crippen LogP contribution is 2.38. The molecular weight excluding hydrogens is 537 g/mol. The number of nitrogens with zero attached hydrogens (tertiary/aromatic N) is 1. The van der Waals surface area contributed by atoms with Crippen molar-refractivity contribution < 1.29 is 18.7 Å². The van der Waals surface area contributed by atoms with Crippen LogP contribution in [0.2, 0.25) is 18.1 Å². The molecule has 2 N–H and O–H groups in total. The summed E-state index contributed by atoms with van der Waals surface area (Å²) in [4.78, 5) is 17.2. The number of nitrogens with two attached hydrogens (primary N) is 1. The van der Waals surface area contributed by atoms with Gasteiger partial charge in [0, 0.05) is 35.8 Å². The first-order chi connectivity index (χ1) is 19.0. The molecule has 6 nitrogen and oxygen atoms in total. The van der Waals surface area contributed by atoms with E-state index in [1.165, 1.54) is 10.5 Å². The molecule has 214 valence electrons. The van der Waals surface area contributed by atoms with Crippen molar-refractivity contribution in [3.05, 3.63) is 82.1 Å². The average molecular weight is 579 g/mol. The van der Waals surface area contributed by atoms with Crippen LogP contribution < -0.4 is 15.2 Å². The SMILES string of the molecule is COc1cc(C(=O)N2CC=C(c3cccs3)C[C@H]2CCO[Si](C)(C)C(C)(C)C)c(N)cc1OCc1ccccc1. The lowest BCUT2D eigenvalue weighted by molar-refractivity contribution is 0.0672. The monoisotopic (exact) mass is 578 g/mol. The van der Waals surface area contributed by atoms with Gasteiger partial charge in [0.05, 0.1) is 12.7 Å². The van der Waals surface area contributed by atoms with Crippen LogP contribution in [-0.4, -0.2) is 45.4 Å². The fourth-order valence-electron chi connectivity index (χ4n) is 4.56. The molecular formula is C32H42N2O4SSi. The largest absolute Gasteiger partial charge is 0.493 e. The molecule has 2 aromatic carbocycles. The molecule has 1 amide bonds. The van der Waals surface area contributed by atoms with E-state index >= 15 is 0 Å². The van der Waals surface area contributed by atoms with Crippen LogP contribution in [0.5, 0.6) is 11.5 Å². The van der Waals surface area contributed by atoms with Gasteiger partial charge >= 0.3 is 0 Å². The first-order valence-electron chi connectivity index (χ1n) is 13.8. The molecule has 1 aliphatic heterocycles. The fourth-order valence-corrected chi connectivity index (χ4v) is 6.40. The average Bonchev–Trinajstić information content (AvgIpc) is 3.47. The number of nitrogen functional groups attached to an aromatic ring is 1. The van der Waals surface area contributed by atoms with Gasteiger partial charge in [-0.05, 0) is 59.6 Å². The van der Waals surface area contributed by atoms with E-state index in [4.69, 9.17) is 19.6 Å². The van der Waals surface area contributed by atoms with Crippen LogP contribution in [0, 0.1) is 0 Å². The minimum atomic E-state index is -1.90. The van der Waals surface area contributed by atoms with Gasteiger partial charge in [-0.1, -0.05) is 63.2 Å². The van der Waals surface area contributed by atoms with E-state index in [1.807, 2.05) is 35.2 Å². The topological polar surface area (TPSA) is 74.0 Å². The van der Waals surface area contributed by atoms with Gasteiger partial charge < -0.3 is 24.5 Å². The summed E-state index contributed by atoms with van der Waals surface area (Å²) in [5, 5.41) is 2.23. The summed E-state index contributed by atoms with van der Waals surface area (Å²) in [5.74, 6) is 0.889. The van der Waals surface area contributed by atoms with Crippen LogP contribution in [-0.2, 0) is 11.0 Å². The molecule has 8 heteroatoms. The van der Waals surface area contributed by atoms with Crippen molar-refractivity contribution in [2.75, 3.05) is 26.0 Å². The van der Waals surface area contributed by atoms with Crippen molar-refractivity contribution in [2.24, 2.45) is 0 Å². The highest BCUT2D eigenvalue weighted by Gasteiger charge is 2.38. The first-order valence-corrected chi connectivity index (χ1v) is 17.6. The molecule has 4 rings (SSSR count). The zero-order valence-electron chi connectivity index (χ0n) is 24.5. The number of amides is 1. The second-order valence-electron chi connectivity index (χ2n) is 11.8. The molecule has 0 unspecified atom stereocenters. The number of carbonyl (C=O) groups excluding carboxylic acids is 1. The Bertz CT molecular complexity index is 1320. The van der Waals surface area contributed by atoms with Gasteiger partial charge in [-0.15, -0.1) is 11.3 Å². The Morgan fingerprint density at radius 3 is 2.50 bits per heavy atom. The first kappa shape index (κ1) is 29.9. The van der Waals surface area contributed by atoms with Gasteiger partial charge in [0.15, 0.2) is 19.8 Å². The van der Waals surface area contributed by atoms with Crippen molar-refractivity contribution in [1.29, 1.82) is 0 Å². The molecule has 1 aliphatic rings. The van der Waals surface area contributed by atoms with Crippen LogP contribution in [0.1, 0.15) is 54.4 Å². The van der Waals surface area contributed by atoms with Gasteiger partial charge in [-0.3, -0.25) is 4.79 Å². The molecule has 0 aliphatic carbocycles. The van der Waals surface area contributed by atoms with E-state index in [2.05, 4.69) is 57.5 Å². The summed E-state index contributed by atoms with van der Waals surface area (Å²) in [6.07, 6.45) is 3.71. The van der Waals surface area contributed by atoms with Crippen LogP contribution >= 0.6 is 11.3 Å². The summed E-state index contributed by atoms with van der Waals surface area (Å²) < 4.78 is 18.1. The molecule has 0 spiro atoms. The Morgan fingerprint density at radius 1 is 1.10 bits per heavy atom. The van der Waals surface area contributed by atoms with Crippen molar-refractivity contribution in [3.8, 4) is 11.5 Å². The molecule has 40 heavy (non-hydrogen) atoms. The number of hydrogen-bond donors (Lipinski definition) is 1. The maximum Gasteiger partial charge on any atom is 0.256 e. The van der Waals surface area contributed by atoms with Crippen molar-refractivity contribution in [2.45, 2.75) is 64.4 Å². The van der Waals surface area contributed by atoms with E-state index in [0.29, 0.717) is 42.5 Å². The minimum absolute atomic E-state index is 0.00114. The van der Waals surface area contributed by atoms with Crippen molar-refractivity contribution in [1.82, 2.24) is 4.90 Å². The Labute approximate surface area is 243 Å².